The number of alkyl halides is 2. The third kappa shape index (κ3) is 4.01. The minimum Gasteiger partial charge on any atom is -0.343 e. The molecule has 2 aliphatic rings. The van der Waals surface area contributed by atoms with Gasteiger partial charge in [0, 0.05) is 24.4 Å². The lowest BCUT2D eigenvalue weighted by molar-refractivity contribution is -0.131. The summed E-state index contributed by atoms with van der Waals surface area (Å²) in [5, 5.41) is 11.5. The Labute approximate surface area is 172 Å². The van der Waals surface area contributed by atoms with E-state index in [9.17, 15) is 18.4 Å². The number of nitrogens with one attached hydrogen (secondary N) is 1. The zero-order valence-corrected chi connectivity index (χ0v) is 16.1. The lowest BCUT2D eigenvalue weighted by atomic mass is 10.0. The van der Waals surface area contributed by atoms with Crippen LogP contribution in [0.2, 0.25) is 0 Å². The number of aromatic nitrogens is 1. The second kappa shape index (κ2) is 7.82. The maximum Gasteiger partial charge on any atom is 0.268 e. The fraction of sp³-hybridized carbons (Fsp3) is 0.364. The molecule has 0 spiro atoms. The summed E-state index contributed by atoms with van der Waals surface area (Å²) >= 11 is 0. The average Bonchev–Trinajstić information content (AvgIpc) is 3.49. The van der Waals surface area contributed by atoms with E-state index in [0.717, 1.165) is 16.9 Å². The van der Waals surface area contributed by atoms with Crippen molar-refractivity contribution in [3.05, 3.63) is 65.5 Å². The minimum absolute atomic E-state index is 0.165. The van der Waals surface area contributed by atoms with Crippen LogP contribution in [0.5, 0.6) is 0 Å². The van der Waals surface area contributed by atoms with Gasteiger partial charge < -0.3 is 10.2 Å². The predicted octanol–water partition coefficient (Wildman–Crippen LogP) is 2.84. The summed E-state index contributed by atoms with van der Waals surface area (Å²) < 4.78 is 27.1. The van der Waals surface area contributed by atoms with Crippen LogP contribution in [0.3, 0.4) is 0 Å². The summed E-state index contributed by atoms with van der Waals surface area (Å²) in [5.41, 5.74) is 2.43. The van der Waals surface area contributed by atoms with E-state index in [2.05, 4.69) is 22.4 Å². The smallest absolute Gasteiger partial charge is 0.268 e. The zero-order valence-electron chi connectivity index (χ0n) is 16.1. The second-order valence-corrected chi connectivity index (χ2v) is 7.73. The van der Waals surface area contributed by atoms with Crippen LogP contribution in [0.4, 0.5) is 8.78 Å². The Bertz CT molecular complexity index is 1010. The number of rotatable bonds is 5. The summed E-state index contributed by atoms with van der Waals surface area (Å²) in [4.78, 5) is 30.0. The SMILES string of the molecule is N#CC1CC(F)(F)CN1C(=O)CNC(=O)c1ccncc1C1CC1c1ccccc1. The normalized spacial score (nSPS) is 24.2. The van der Waals surface area contributed by atoms with Gasteiger partial charge in [0.2, 0.25) is 5.91 Å². The number of carbonyl (C=O) groups is 2. The Morgan fingerprint density at radius 3 is 2.73 bits per heavy atom. The van der Waals surface area contributed by atoms with Gasteiger partial charge in [-0.2, -0.15) is 5.26 Å². The van der Waals surface area contributed by atoms with E-state index >= 15 is 0 Å². The molecule has 3 atom stereocenters. The van der Waals surface area contributed by atoms with Crippen LogP contribution in [0.15, 0.2) is 48.8 Å². The highest BCUT2D eigenvalue weighted by molar-refractivity contribution is 5.98. The first-order valence-electron chi connectivity index (χ1n) is 9.73. The topological polar surface area (TPSA) is 86.1 Å². The van der Waals surface area contributed by atoms with Crippen molar-refractivity contribution < 1.29 is 18.4 Å². The number of carbonyl (C=O) groups excluding carboxylic acids is 2. The molecule has 2 aromatic rings. The highest BCUT2D eigenvalue weighted by Crippen LogP contribution is 2.55. The van der Waals surface area contributed by atoms with Gasteiger partial charge in [0.15, 0.2) is 0 Å². The van der Waals surface area contributed by atoms with Crippen LogP contribution >= 0.6 is 0 Å². The first-order valence-corrected chi connectivity index (χ1v) is 9.73. The van der Waals surface area contributed by atoms with Crippen molar-refractivity contribution in [3.8, 4) is 6.07 Å². The van der Waals surface area contributed by atoms with Gasteiger partial charge >= 0.3 is 0 Å². The second-order valence-electron chi connectivity index (χ2n) is 7.73. The molecule has 3 unspecified atom stereocenters. The molecule has 6 nitrogen and oxygen atoms in total. The molecule has 2 fully saturated rings. The fourth-order valence-corrected chi connectivity index (χ4v) is 4.06. The molecule has 1 aliphatic heterocycles. The Kier molecular flexibility index (Phi) is 5.20. The number of benzene rings is 1. The molecule has 1 N–H and O–H groups in total. The van der Waals surface area contributed by atoms with Crippen molar-refractivity contribution in [1.82, 2.24) is 15.2 Å². The standard InChI is InChI=1S/C22H20F2N4O2/c23-22(24)9-15(10-25)28(13-22)20(29)12-27-21(30)16-6-7-26-11-19(16)18-8-17(18)14-4-2-1-3-5-14/h1-7,11,15,17-18H,8-9,12-13H2,(H,27,30). The monoisotopic (exact) mass is 410 g/mol. The number of likely N-dealkylation sites (tertiary alicyclic amines) is 1. The van der Waals surface area contributed by atoms with Crippen LogP contribution < -0.4 is 5.32 Å². The summed E-state index contributed by atoms with van der Waals surface area (Å²) in [6.45, 7) is -1.25. The highest BCUT2D eigenvalue weighted by atomic mass is 19.3. The van der Waals surface area contributed by atoms with Crippen molar-refractivity contribution >= 4 is 11.8 Å². The summed E-state index contributed by atoms with van der Waals surface area (Å²) in [7, 11) is 0. The Morgan fingerprint density at radius 2 is 2.00 bits per heavy atom. The van der Waals surface area contributed by atoms with Gasteiger partial charge in [-0.05, 0) is 35.4 Å². The first kappa shape index (κ1) is 20.0. The molecule has 0 bridgehead atoms. The van der Waals surface area contributed by atoms with Crippen LogP contribution in [0.25, 0.3) is 0 Å². The fourth-order valence-electron chi connectivity index (χ4n) is 4.06. The Morgan fingerprint density at radius 1 is 1.23 bits per heavy atom. The lowest BCUT2D eigenvalue weighted by Gasteiger charge is -2.19. The predicted molar refractivity (Wildman–Crippen MR) is 104 cm³/mol. The van der Waals surface area contributed by atoms with E-state index in [4.69, 9.17) is 5.26 Å². The Hall–Kier alpha value is -3.34. The quantitative estimate of drug-likeness (QED) is 0.821. The molecule has 1 aromatic carbocycles. The lowest BCUT2D eigenvalue weighted by Crippen LogP contribution is -2.43. The number of halogens is 2. The molecule has 2 amide bonds. The van der Waals surface area contributed by atoms with Crippen molar-refractivity contribution in [2.75, 3.05) is 13.1 Å². The molecule has 2 heterocycles. The summed E-state index contributed by atoms with van der Waals surface area (Å²) in [5.74, 6) is -3.77. The van der Waals surface area contributed by atoms with E-state index < -0.39 is 43.3 Å². The number of hydrogen-bond donors (Lipinski definition) is 1. The Balaban J connectivity index is 1.42. The van der Waals surface area contributed by atoms with Crippen molar-refractivity contribution in [2.45, 2.75) is 36.6 Å². The molecule has 1 saturated heterocycles. The maximum absolute atomic E-state index is 13.5. The third-order valence-electron chi connectivity index (χ3n) is 5.65. The maximum atomic E-state index is 13.5. The van der Waals surface area contributed by atoms with Gasteiger partial charge in [-0.1, -0.05) is 30.3 Å². The van der Waals surface area contributed by atoms with Crippen molar-refractivity contribution in [3.63, 3.8) is 0 Å². The largest absolute Gasteiger partial charge is 0.343 e. The number of nitrogens with zero attached hydrogens (tertiary/aromatic N) is 3. The number of amides is 2. The van der Waals surface area contributed by atoms with E-state index in [1.807, 2.05) is 18.2 Å². The number of nitriles is 1. The first-order chi connectivity index (χ1) is 14.4. The molecular formula is C22H20F2N4O2. The molecule has 1 aromatic heterocycles. The van der Waals surface area contributed by atoms with Crippen LogP contribution in [0.1, 0.15) is 46.2 Å². The minimum atomic E-state index is -3.09. The molecule has 0 radical (unpaired) electrons. The molecule has 30 heavy (non-hydrogen) atoms. The molecule has 154 valence electrons. The van der Waals surface area contributed by atoms with Crippen LogP contribution in [-0.4, -0.2) is 46.8 Å². The number of pyridine rings is 1. The van der Waals surface area contributed by atoms with E-state index in [-0.39, 0.29) is 5.92 Å². The summed E-state index contributed by atoms with van der Waals surface area (Å²) in [6.07, 6.45) is 3.39. The number of hydrogen-bond acceptors (Lipinski definition) is 4. The van der Waals surface area contributed by atoms with Crippen LogP contribution in [-0.2, 0) is 4.79 Å². The molecular weight excluding hydrogens is 390 g/mol. The van der Waals surface area contributed by atoms with Gasteiger partial charge in [0.25, 0.3) is 11.8 Å². The van der Waals surface area contributed by atoms with Crippen molar-refractivity contribution in [1.29, 1.82) is 5.26 Å². The molecule has 1 saturated carbocycles. The molecule has 1 aliphatic carbocycles. The van der Waals surface area contributed by atoms with Crippen molar-refractivity contribution in [2.24, 2.45) is 0 Å². The highest BCUT2D eigenvalue weighted by Gasteiger charge is 2.47. The average molecular weight is 410 g/mol. The van der Waals surface area contributed by atoms with Gasteiger partial charge in [-0.3, -0.25) is 14.6 Å². The van der Waals surface area contributed by atoms with Gasteiger partial charge in [-0.15, -0.1) is 0 Å². The van der Waals surface area contributed by atoms with E-state index in [1.54, 1.807) is 18.3 Å². The van der Waals surface area contributed by atoms with E-state index in [1.165, 1.54) is 11.8 Å². The van der Waals surface area contributed by atoms with Gasteiger partial charge in [0.05, 0.1) is 19.2 Å². The molecule has 8 heteroatoms. The zero-order chi connectivity index (χ0) is 21.3. The van der Waals surface area contributed by atoms with Gasteiger partial charge in [-0.25, -0.2) is 8.78 Å². The molecule has 4 rings (SSSR count). The third-order valence-corrected chi connectivity index (χ3v) is 5.65. The van der Waals surface area contributed by atoms with E-state index in [0.29, 0.717) is 11.5 Å². The van der Waals surface area contributed by atoms with Gasteiger partial charge in [0.1, 0.15) is 6.04 Å². The van der Waals surface area contributed by atoms with Crippen LogP contribution in [0, 0.1) is 11.3 Å². The summed E-state index contributed by atoms with van der Waals surface area (Å²) in [6, 6.07) is 12.1.